The number of hydrogen-bond donors (Lipinski definition) is 0. The molecule has 49 heavy (non-hydrogen) atoms. The van der Waals surface area contributed by atoms with Crippen molar-refractivity contribution in [3.63, 3.8) is 0 Å². The van der Waals surface area contributed by atoms with Gasteiger partial charge in [-0.05, 0) is 48.5 Å². The third kappa shape index (κ3) is 3.75. The van der Waals surface area contributed by atoms with Gasteiger partial charge in [-0.1, -0.05) is 103 Å². The van der Waals surface area contributed by atoms with Gasteiger partial charge in [0.05, 0.1) is 33.3 Å². The SMILES string of the molecule is c1ccc(-c2nc(-n3c4ccccc4c4cc5c6cc7c(cc6n(-c6ccccc6)c5cc43)oc3ccccc37)nc3ccccc23)cc1. The van der Waals surface area contributed by atoms with Crippen LogP contribution >= 0.6 is 0 Å². The van der Waals surface area contributed by atoms with Gasteiger partial charge in [0.15, 0.2) is 0 Å². The second-order valence-corrected chi connectivity index (χ2v) is 12.6. The summed E-state index contributed by atoms with van der Waals surface area (Å²) in [5, 5.41) is 7.96. The Labute approximate surface area is 279 Å². The number of rotatable bonds is 3. The third-order valence-corrected chi connectivity index (χ3v) is 9.91. The first kappa shape index (κ1) is 26.4. The molecule has 11 aromatic rings. The first-order chi connectivity index (χ1) is 24.3. The van der Waals surface area contributed by atoms with Crippen LogP contribution in [0.2, 0.25) is 0 Å². The lowest BCUT2D eigenvalue weighted by Crippen LogP contribution is -2.03. The predicted octanol–water partition coefficient (Wildman–Crippen LogP) is 11.4. The number of benzene rings is 7. The molecule has 11 rings (SSSR count). The minimum Gasteiger partial charge on any atom is -0.456 e. The van der Waals surface area contributed by atoms with Crippen LogP contribution in [0.25, 0.3) is 99.3 Å². The molecular formula is C44H26N4O. The Morgan fingerprint density at radius 1 is 0.388 bits per heavy atom. The van der Waals surface area contributed by atoms with Crippen LogP contribution in [0.1, 0.15) is 0 Å². The summed E-state index contributed by atoms with van der Waals surface area (Å²) < 4.78 is 11.0. The molecule has 0 aliphatic rings. The second kappa shape index (κ2) is 9.89. The van der Waals surface area contributed by atoms with E-state index in [2.05, 4.69) is 143 Å². The molecule has 0 unspecified atom stereocenters. The molecule has 5 nitrogen and oxygen atoms in total. The minimum absolute atomic E-state index is 0.648. The van der Waals surface area contributed by atoms with E-state index in [0.29, 0.717) is 5.95 Å². The lowest BCUT2D eigenvalue weighted by atomic mass is 10.1. The van der Waals surface area contributed by atoms with Crippen LogP contribution < -0.4 is 0 Å². The fourth-order valence-electron chi connectivity index (χ4n) is 7.75. The summed E-state index contributed by atoms with van der Waals surface area (Å²) in [6, 6.07) is 55.3. The lowest BCUT2D eigenvalue weighted by Gasteiger charge is -2.12. The molecule has 0 saturated carbocycles. The molecule has 0 bridgehead atoms. The van der Waals surface area contributed by atoms with Crippen molar-refractivity contribution in [1.29, 1.82) is 0 Å². The molecular weight excluding hydrogens is 601 g/mol. The number of nitrogens with zero attached hydrogens (tertiary/aromatic N) is 4. The molecule has 4 heterocycles. The maximum Gasteiger partial charge on any atom is 0.235 e. The van der Waals surface area contributed by atoms with Crippen LogP contribution in [0.4, 0.5) is 0 Å². The summed E-state index contributed by atoms with van der Waals surface area (Å²) >= 11 is 0. The average molecular weight is 627 g/mol. The predicted molar refractivity (Wildman–Crippen MR) is 201 cm³/mol. The molecule has 0 radical (unpaired) electrons. The fourth-order valence-corrected chi connectivity index (χ4v) is 7.75. The molecule has 0 amide bonds. The fraction of sp³-hybridized carbons (Fsp3) is 0. The van der Waals surface area contributed by atoms with Crippen molar-refractivity contribution in [1.82, 2.24) is 19.1 Å². The van der Waals surface area contributed by atoms with Crippen molar-refractivity contribution in [2.24, 2.45) is 0 Å². The minimum atomic E-state index is 0.648. The number of aromatic nitrogens is 4. The Morgan fingerprint density at radius 3 is 1.84 bits per heavy atom. The van der Waals surface area contributed by atoms with E-state index in [1.54, 1.807) is 0 Å². The highest BCUT2D eigenvalue weighted by molar-refractivity contribution is 6.22. The van der Waals surface area contributed by atoms with E-state index in [1.165, 1.54) is 10.8 Å². The van der Waals surface area contributed by atoms with Crippen LogP contribution in [-0.4, -0.2) is 19.1 Å². The van der Waals surface area contributed by atoms with E-state index in [-0.39, 0.29) is 0 Å². The van der Waals surface area contributed by atoms with Crippen molar-refractivity contribution < 1.29 is 4.42 Å². The van der Waals surface area contributed by atoms with Gasteiger partial charge in [-0.25, -0.2) is 9.97 Å². The molecule has 7 aromatic carbocycles. The molecule has 0 spiro atoms. The third-order valence-electron chi connectivity index (χ3n) is 9.91. The van der Waals surface area contributed by atoms with Crippen LogP contribution in [0, 0.1) is 0 Å². The summed E-state index contributed by atoms with van der Waals surface area (Å²) in [6.45, 7) is 0. The zero-order chi connectivity index (χ0) is 32.1. The van der Waals surface area contributed by atoms with Gasteiger partial charge in [0, 0.05) is 55.0 Å². The normalized spacial score (nSPS) is 12.1. The van der Waals surface area contributed by atoms with Crippen molar-refractivity contribution in [2.75, 3.05) is 0 Å². The summed E-state index contributed by atoms with van der Waals surface area (Å²) in [7, 11) is 0. The molecule has 0 aliphatic carbocycles. The number of furan rings is 1. The van der Waals surface area contributed by atoms with Crippen LogP contribution in [0.15, 0.2) is 162 Å². The van der Waals surface area contributed by atoms with E-state index >= 15 is 0 Å². The van der Waals surface area contributed by atoms with Crippen molar-refractivity contribution in [3.8, 4) is 22.9 Å². The molecule has 0 atom stereocenters. The monoisotopic (exact) mass is 626 g/mol. The van der Waals surface area contributed by atoms with E-state index < -0.39 is 0 Å². The highest BCUT2D eigenvalue weighted by Gasteiger charge is 2.22. The quantitative estimate of drug-likeness (QED) is 0.196. The van der Waals surface area contributed by atoms with Gasteiger partial charge in [-0.3, -0.25) is 4.57 Å². The van der Waals surface area contributed by atoms with E-state index in [4.69, 9.17) is 14.4 Å². The maximum absolute atomic E-state index is 6.39. The standard InChI is InChI=1S/C44H26N4O/c1-3-13-27(14-4-1)43-31-19-7-10-20-36(31)45-44(46-43)48-37-21-11-8-17-29(37)32-23-33-34-24-35-30-18-9-12-22-41(30)49-42(35)26-40(34)47(38(33)25-39(32)48)28-15-5-2-6-16-28/h1-26H. The molecule has 0 aliphatic heterocycles. The van der Waals surface area contributed by atoms with E-state index in [1.807, 2.05) is 24.3 Å². The smallest absolute Gasteiger partial charge is 0.235 e. The van der Waals surface area contributed by atoms with Gasteiger partial charge in [0.25, 0.3) is 0 Å². The summed E-state index contributed by atoms with van der Waals surface area (Å²) in [4.78, 5) is 10.5. The first-order valence-electron chi connectivity index (χ1n) is 16.5. The topological polar surface area (TPSA) is 48.8 Å². The van der Waals surface area contributed by atoms with Gasteiger partial charge in [0.2, 0.25) is 5.95 Å². The van der Waals surface area contributed by atoms with Gasteiger partial charge < -0.3 is 8.98 Å². The lowest BCUT2D eigenvalue weighted by molar-refractivity contribution is 0.669. The second-order valence-electron chi connectivity index (χ2n) is 12.6. The largest absolute Gasteiger partial charge is 0.456 e. The Balaban J connectivity index is 1.29. The average Bonchev–Trinajstić information content (AvgIpc) is 3.80. The zero-order valence-electron chi connectivity index (χ0n) is 26.2. The number of hydrogen-bond acceptors (Lipinski definition) is 3. The highest BCUT2D eigenvalue weighted by Crippen LogP contribution is 2.42. The molecule has 4 aromatic heterocycles. The zero-order valence-corrected chi connectivity index (χ0v) is 26.2. The molecule has 0 fully saturated rings. The summed E-state index contributed by atoms with van der Waals surface area (Å²) in [5.41, 5.74) is 10.1. The van der Waals surface area contributed by atoms with E-state index in [9.17, 15) is 0 Å². The van der Waals surface area contributed by atoms with Gasteiger partial charge >= 0.3 is 0 Å². The number of fused-ring (bicyclic) bond motifs is 10. The van der Waals surface area contributed by atoms with Crippen LogP contribution in [-0.2, 0) is 0 Å². The van der Waals surface area contributed by atoms with Gasteiger partial charge in [0.1, 0.15) is 11.2 Å². The van der Waals surface area contributed by atoms with Crippen molar-refractivity contribution in [3.05, 3.63) is 158 Å². The Morgan fingerprint density at radius 2 is 1.00 bits per heavy atom. The Kier molecular flexibility index (Phi) is 5.32. The maximum atomic E-state index is 6.39. The van der Waals surface area contributed by atoms with Gasteiger partial charge in [-0.15, -0.1) is 0 Å². The first-order valence-corrected chi connectivity index (χ1v) is 16.5. The van der Waals surface area contributed by atoms with Crippen LogP contribution in [0.5, 0.6) is 0 Å². The summed E-state index contributed by atoms with van der Waals surface area (Å²) in [6.07, 6.45) is 0. The molecule has 0 saturated heterocycles. The van der Waals surface area contributed by atoms with Crippen molar-refractivity contribution >= 4 is 76.5 Å². The van der Waals surface area contributed by atoms with Gasteiger partial charge in [-0.2, -0.15) is 0 Å². The molecule has 5 heteroatoms. The highest BCUT2D eigenvalue weighted by atomic mass is 16.3. The Hall–Kier alpha value is -6.72. The molecule has 228 valence electrons. The molecule has 0 N–H and O–H groups in total. The van der Waals surface area contributed by atoms with Crippen molar-refractivity contribution in [2.45, 2.75) is 0 Å². The summed E-state index contributed by atoms with van der Waals surface area (Å²) in [5.74, 6) is 0.648. The van der Waals surface area contributed by atoms with Crippen LogP contribution in [0.3, 0.4) is 0 Å². The number of para-hydroxylation sites is 4. The Bertz CT molecular complexity index is 3100. The van der Waals surface area contributed by atoms with E-state index in [0.717, 1.165) is 82.6 Å².